The summed E-state index contributed by atoms with van der Waals surface area (Å²) in [6.07, 6.45) is 0.251. The second kappa shape index (κ2) is 7.10. The summed E-state index contributed by atoms with van der Waals surface area (Å²) in [5.74, 6) is -0.139. The molecule has 0 spiro atoms. The number of nitrogens with one attached hydrogen (secondary N) is 1. The Morgan fingerprint density at radius 1 is 1.12 bits per heavy atom. The van der Waals surface area contributed by atoms with Crippen LogP contribution in [0.3, 0.4) is 0 Å². The Bertz CT molecular complexity index is 1090. The number of hydrogen-bond donors (Lipinski definition) is 2. The van der Waals surface area contributed by atoms with Crippen molar-refractivity contribution in [1.29, 1.82) is 0 Å². The highest BCUT2D eigenvalue weighted by atomic mass is 79.9. The molecule has 0 saturated carbocycles. The molecule has 1 amide bonds. The Labute approximate surface area is 165 Å². The summed E-state index contributed by atoms with van der Waals surface area (Å²) < 4.78 is 1.97. The van der Waals surface area contributed by atoms with E-state index in [0.29, 0.717) is 10.3 Å². The van der Waals surface area contributed by atoms with Crippen LogP contribution in [0.15, 0.2) is 46.9 Å². The molecule has 0 fully saturated rings. The fourth-order valence-corrected chi connectivity index (χ4v) is 4.26. The second-order valence-electron chi connectivity index (χ2n) is 5.50. The number of amides is 1. The van der Waals surface area contributed by atoms with Crippen LogP contribution in [0, 0.1) is 0 Å². The summed E-state index contributed by atoms with van der Waals surface area (Å²) in [5.41, 5.74) is 8.42. The van der Waals surface area contributed by atoms with Crippen molar-refractivity contribution in [2.24, 2.45) is 0 Å². The first-order chi connectivity index (χ1) is 12.6. The number of anilines is 2. The number of fused-ring (bicyclic) bond motifs is 1. The van der Waals surface area contributed by atoms with Crippen LogP contribution >= 0.6 is 38.6 Å². The lowest BCUT2D eigenvalue weighted by molar-refractivity contribution is -0.115. The number of rotatable bonds is 4. The first kappa shape index (κ1) is 17.1. The average molecular weight is 446 g/mol. The minimum absolute atomic E-state index is 0.139. The molecule has 0 radical (unpaired) electrons. The molecule has 0 aliphatic heterocycles. The number of nitrogens with zero attached hydrogens (tertiary/aromatic N) is 3. The van der Waals surface area contributed by atoms with Crippen LogP contribution in [0.4, 0.5) is 10.3 Å². The standard InChI is InChI=1S/C17H12BrN5OS2/c18-11-4-2-10(3-5-11)15-22-23-17(26-15)21-14(24)8-9-1-6-12-13(7-9)25-16(19)20-12/h1-7H,8H2,(H2,19,20)(H,21,23,24). The van der Waals surface area contributed by atoms with E-state index in [-0.39, 0.29) is 12.3 Å². The quantitative estimate of drug-likeness (QED) is 0.487. The number of nitrogens with two attached hydrogens (primary N) is 1. The Kier molecular flexibility index (Phi) is 4.66. The van der Waals surface area contributed by atoms with Gasteiger partial charge in [-0.1, -0.05) is 56.8 Å². The second-order valence-corrected chi connectivity index (χ2v) is 8.45. The average Bonchev–Trinajstić information content (AvgIpc) is 3.20. The summed E-state index contributed by atoms with van der Waals surface area (Å²) in [6, 6.07) is 13.5. The summed E-state index contributed by atoms with van der Waals surface area (Å²) in [5, 5.41) is 12.8. The molecule has 130 valence electrons. The first-order valence-corrected chi connectivity index (χ1v) is 10.0. The minimum atomic E-state index is -0.139. The fraction of sp³-hybridized carbons (Fsp3) is 0.0588. The van der Waals surface area contributed by atoms with E-state index in [0.717, 1.165) is 30.8 Å². The molecule has 9 heteroatoms. The maximum atomic E-state index is 12.3. The molecule has 2 heterocycles. The molecule has 6 nitrogen and oxygen atoms in total. The molecule has 0 unspecified atom stereocenters. The lowest BCUT2D eigenvalue weighted by Crippen LogP contribution is -2.14. The van der Waals surface area contributed by atoms with Crippen molar-refractivity contribution in [3.8, 4) is 10.6 Å². The Balaban J connectivity index is 1.45. The van der Waals surface area contributed by atoms with Crippen LogP contribution in [0.1, 0.15) is 5.56 Å². The summed E-state index contributed by atoms with van der Waals surface area (Å²) >= 11 is 6.16. The van der Waals surface area contributed by atoms with Crippen molar-refractivity contribution in [2.75, 3.05) is 11.1 Å². The molecule has 2 aromatic heterocycles. The molecule has 3 N–H and O–H groups in total. The van der Waals surface area contributed by atoms with E-state index in [1.54, 1.807) is 0 Å². The van der Waals surface area contributed by atoms with Gasteiger partial charge in [0.15, 0.2) is 5.13 Å². The van der Waals surface area contributed by atoms with Crippen LogP contribution in [0.2, 0.25) is 0 Å². The normalized spacial score (nSPS) is 11.0. The molecule has 0 bridgehead atoms. The maximum Gasteiger partial charge on any atom is 0.230 e. The van der Waals surface area contributed by atoms with Crippen LogP contribution in [-0.4, -0.2) is 21.1 Å². The highest BCUT2D eigenvalue weighted by Crippen LogP contribution is 2.28. The number of halogens is 1. The van der Waals surface area contributed by atoms with E-state index >= 15 is 0 Å². The smallest absolute Gasteiger partial charge is 0.230 e. The predicted octanol–water partition coefficient (Wildman–Crippen LogP) is 4.34. The third-order valence-electron chi connectivity index (χ3n) is 3.60. The van der Waals surface area contributed by atoms with Crippen LogP contribution < -0.4 is 11.1 Å². The first-order valence-electron chi connectivity index (χ1n) is 7.61. The van der Waals surface area contributed by atoms with Crippen molar-refractivity contribution in [3.05, 3.63) is 52.5 Å². The zero-order valence-corrected chi connectivity index (χ0v) is 16.5. The Hall–Kier alpha value is -2.36. The molecule has 4 rings (SSSR count). The number of thiazole rings is 1. The van der Waals surface area contributed by atoms with E-state index in [9.17, 15) is 4.79 Å². The van der Waals surface area contributed by atoms with Crippen molar-refractivity contribution in [3.63, 3.8) is 0 Å². The van der Waals surface area contributed by atoms with Gasteiger partial charge < -0.3 is 11.1 Å². The third-order valence-corrected chi connectivity index (χ3v) is 5.86. The van der Waals surface area contributed by atoms with Gasteiger partial charge in [-0.15, -0.1) is 10.2 Å². The predicted molar refractivity (Wildman–Crippen MR) is 109 cm³/mol. The molecule has 2 aromatic carbocycles. The number of nitrogen functional groups attached to an aromatic ring is 1. The highest BCUT2D eigenvalue weighted by Gasteiger charge is 2.11. The van der Waals surface area contributed by atoms with E-state index in [4.69, 9.17) is 5.73 Å². The number of carbonyl (C=O) groups is 1. The van der Waals surface area contributed by atoms with Crippen molar-refractivity contribution < 1.29 is 4.79 Å². The zero-order valence-electron chi connectivity index (χ0n) is 13.3. The van der Waals surface area contributed by atoms with Gasteiger partial charge in [-0.2, -0.15) is 0 Å². The minimum Gasteiger partial charge on any atom is -0.375 e. The third kappa shape index (κ3) is 3.74. The maximum absolute atomic E-state index is 12.3. The number of hydrogen-bond acceptors (Lipinski definition) is 7. The van der Waals surface area contributed by atoms with E-state index in [1.807, 2.05) is 42.5 Å². The SMILES string of the molecule is Nc1nc2ccc(CC(=O)Nc3nnc(-c4ccc(Br)cc4)s3)cc2s1. The summed E-state index contributed by atoms with van der Waals surface area (Å²) in [7, 11) is 0. The van der Waals surface area contributed by atoms with Gasteiger partial charge in [-0.05, 0) is 29.8 Å². The van der Waals surface area contributed by atoms with Gasteiger partial charge >= 0.3 is 0 Å². The van der Waals surface area contributed by atoms with Gasteiger partial charge in [0.1, 0.15) is 5.01 Å². The van der Waals surface area contributed by atoms with E-state index in [2.05, 4.69) is 36.4 Å². The number of aromatic nitrogens is 3. The van der Waals surface area contributed by atoms with Gasteiger partial charge in [0.2, 0.25) is 11.0 Å². The van der Waals surface area contributed by atoms with Crippen LogP contribution in [-0.2, 0) is 11.2 Å². The van der Waals surface area contributed by atoms with Gasteiger partial charge in [0, 0.05) is 10.0 Å². The van der Waals surface area contributed by atoms with Gasteiger partial charge in [0.05, 0.1) is 16.6 Å². The monoisotopic (exact) mass is 445 g/mol. The molecule has 4 aromatic rings. The topological polar surface area (TPSA) is 93.8 Å². The van der Waals surface area contributed by atoms with E-state index < -0.39 is 0 Å². The Morgan fingerprint density at radius 2 is 1.92 bits per heavy atom. The molecular formula is C17H12BrN5OS2. The fourth-order valence-electron chi connectivity index (χ4n) is 2.43. The largest absolute Gasteiger partial charge is 0.375 e. The number of benzene rings is 2. The van der Waals surface area contributed by atoms with Crippen LogP contribution in [0.25, 0.3) is 20.8 Å². The zero-order chi connectivity index (χ0) is 18.1. The number of carbonyl (C=O) groups excluding carboxylic acids is 1. The molecule has 0 atom stereocenters. The lowest BCUT2D eigenvalue weighted by atomic mass is 10.1. The molecular weight excluding hydrogens is 434 g/mol. The summed E-state index contributed by atoms with van der Waals surface area (Å²) in [6.45, 7) is 0. The van der Waals surface area contributed by atoms with Crippen molar-refractivity contribution >= 4 is 65.0 Å². The molecule has 0 aliphatic carbocycles. The van der Waals surface area contributed by atoms with Crippen molar-refractivity contribution in [1.82, 2.24) is 15.2 Å². The molecule has 0 saturated heterocycles. The lowest BCUT2D eigenvalue weighted by Gasteiger charge is -2.01. The van der Waals surface area contributed by atoms with Gasteiger partial charge in [0.25, 0.3) is 0 Å². The van der Waals surface area contributed by atoms with Crippen molar-refractivity contribution in [2.45, 2.75) is 6.42 Å². The molecule has 0 aliphatic rings. The highest BCUT2D eigenvalue weighted by molar-refractivity contribution is 9.10. The summed E-state index contributed by atoms with van der Waals surface area (Å²) in [4.78, 5) is 16.5. The van der Waals surface area contributed by atoms with E-state index in [1.165, 1.54) is 22.7 Å². The van der Waals surface area contributed by atoms with Crippen LogP contribution in [0.5, 0.6) is 0 Å². The van der Waals surface area contributed by atoms with Gasteiger partial charge in [-0.3, -0.25) is 4.79 Å². The van der Waals surface area contributed by atoms with Gasteiger partial charge in [-0.25, -0.2) is 4.98 Å². The Morgan fingerprint density at radius 3 is 2.73 bits per heavy atom. The molecule has 26 heavy (non-hydrogen) atoms.